The average molecular weight is 314 g/mol. The van der Waals surface area contributed by atoms with E-state index in [0.29, 0.717) is 18.0 Å². The molecule has 1 aromatic rings. The predicted octanol–water partition coefficient (Wildman–Crippen LogP) is 0.994. The fourth-order valence-corrected chi connectivity index (χ4v) is 4.55. The van der Waals surface area contributed by atoms with Crippen LogP contribution in [0.3, 0.4) is 0 Å². The zero-order chi connectivity index (χ0) is 15.6. The molecule has 0 bridgehead atoms. The molecule has 0 saturated carbocycles. The molecule has 120 valence electrons. The van der Waals surface area contributed by atoms with Gasteiger partial charge in [0.15, 0.2) is 11.5 Å². The number of hydrogen-bond acceptors (Lipinski definition) is 5. The average Bonchev–Trinajstić information content (AvgIpc) is 3.27. The van der Waals surface area contributed by atoms with Gasteiger partial charge in [0.25, 0.3) is 0 Å². The van der Waals surface area contributed by atoms with Gasteiger partial charge in [0, 0.05) is 12.6 Å². The third-order valence-electron chi connectivity index (χ3n) is 5.61. The van der Waals surface area contributed by atoms with Gasteiger partial charge < -0.3 is 9.47 Å². The van der Waals surface area contributed by atoms with Crippen LogP contribution < -0.4 is 9.47 Å². The first-order valence-corrected chi connectivity index (χ1v) is 8.20. The highest BCUT2D eigenvalue weighted by molar-refractivity contribution is 6.06. The number of nitrogens with zero attached hydrogens (tertiary/aromatic N) is 2. The first kappa shape index (κ1) is 13.4. The summed E-state index contributed by atoms with van der Waals surface area (Å²) in [6.45, 7) is 2.33. The number of hydrogen-bond donors (Lipinski definition) is 0. The molecule has 23 heavy (non-hydrogen) atoms. The Hall–Kier alpha value is -2.08. The van der Waals surface area contributed by atoms with Crippen LogP contribution in [0.4, 0.5) is 0 Å². The van der Waals surface area contributed by atoms with Gasteiger partial charge in [-0.1, -0.05) is 6.07 Å². The Morgan fingerprint density at radius 3 is 2.91 bits per heavy atom. The van der Waals surface area contributed by atoms with E-state index < -0.39 is 0 Å². The van der Waals surface area contributed by atoms with Gasteiger partial charge in [-0.15, -0.1) is 0 Å². The van der Waals surface area contributed by atoms with Crippen LogP contribution in [0.2, 0.25) is 0 Å². The van der Waals surface area contributed by atoms with E-state index in [0.717, 1.165) is 31.5 Å². The summed E-state index contributed by atoms with van der Waals surface area (Å²) in [7, 11) is 0. The smallest absolute Gasteiger partial charge is 0.235 e. The largest absolute Gasteiger partial charge is 0.454 e. The minimum atomic E-state index is -0.137. The molecule has 0 aliphatic carbocycles. The van der Waals surface area contributed by atoms with Gasteiger partial charge in [-0.05, 0) is 37.1 Å². The summed E-state index contributed by atoms with van der Waals surface area (Å²) in [6, 6.07) is 5.86. The zero-order valence-electron chi connectivity index (χ0n) is 12.7. The van der Waals surface area contributed by atoms with E-state index in [9.17, 15) is 9.59 Å². The maximum absolute atomic E-state index is 12.8. The molecular weight excluding hydrogens is 296 g/mol. The number of rotatable bonds is 2. The third kappa shape index (κ3) is 1.84. The van der Waals surface area contributed by atoms with Crippen molar-refractivity contribution in [3.63, 3.8) is 0 Å². The normalized spacial score (nSPS) is 31.8. The molecule has 3 fully saturated rings. The van der Waals surface area contributed by atoms with Crippen LogP contribution >= 0.6 is 0 Å². The fourth-order valence-electron chi connectivity index (χ4n) is 4.55. The Morgan fingerprint density at radius 1 is 1.13 bits per heavy atom. The summed E-state index contributed by atoms with van der Waals surface area (Å²) in [6.07, 6.45) is 2.18. The van der Waals surface area contributed by atoms with E-state index in [4.69, 9.17) is 9.47 Å². The first-order valence-electron chi connectivity index (χ1n) is 8.20. The van der Waals surface area contributed by atoms with E-state index in [-0.39, 0.29) is 36.5 Å². The molecule has 4 heterocycles. The second-order valence-electron chi connectivity index (χ2n) is 6.79. The SMILES string of the molecule is O=C1C2CN3CCCC3C2C(=O)N1Cc1ccc2c(c1)OCO2. The lowest BCUT2D eigenvalue weighted by Crippen LogP contribution is -2.37. The van der Waals surface area contributed by atoms with Crippen molar-refractivity contribution in [3.05, 3.63) is 23.8 Å². The molecular formula is C17H18N2O4. The first-order chi connectivity index (χ1) is 11.2. The fraction of sp³-hybridized carbons (Fsp3) is 0.529. The second-order valence-corrected chi connectivity index (χ2v) is 6.79. The summed E-state index contributed by atoms with van der Waals surface area (Å²) in [4.78, 5) is 29.3. The molecule has 0 radical (unpaired) electrons. The Labute approximate surface area is 133 Å². The Bertz CT molecular complexity index is 704. The Kier molecular flexibility index (Phi) is 2.74. The molecule has 0 spiro atoms. The van der Waals surface area contributed by atoms with E-state index in [2.05, 4.69) is 4.90 Å². The molecule has 5 rings (SSSR count). The molecule has 6 nitrogen and oxygen atoms in total. The third-order valence-corrected chi connectivity index (χ3v) is 5.61. The Morgan fingerprint density at radius 2 is 2.00 bits per heavy atom. The zero-order valence-corrected chi connectivity index (χ0v) is 12.7. The highest BCUT2D eigenvalue weighted by Crippen LogP contribution is 2.43. The van der Waals surface area contributed by atoms with Crippen LogP contribution in [0, 0.1) is 11.8 Å². The van der Waals surface area contributed by atoms with Crippen LogP contribution in [0.15, 0.2) is 18.2 Å². The lowest BCUT2D eigenvalue weighted by Gasteiger charge is -2.22. The highest BCUT2D eigenvalue weighted by Gasteiger charge is 2.57. The van der Waals surface area contributed by atoms with Crippen LogP contribution in [0.25, 0.3) is 0 Å². The number of benzene rings is 1. The summed E-state index contributed by atoms with van der Waals surface area (Å²) in [5.41, 5.74) is 0.902. The molecule has 4 aliphatic heterocycles. The minimum absolute atomic E-state index is 0.00654. The number of ether oxygens (including phenoxy) is 2. The van der Waals surface area contributed by atoms with E-state index in [1.807, 2.05) is 18.2 Å². The Balaban J connectivity index is 1.39. The number of carbonyl (C=O) groups excluding carboxylic acids is 2. The van der Waals surface area contributed by atoms with Crippen LogP contribution in [0.5, 0.6) is 11.5 Å². The lowest BCUT2D eigenvalue weighted by atomic mass is 9.91. The number of carbonyl (C=O) groups is 2. The minimum Gasteiger partial charge on any atom is -0.454 e. The monoisotopic (exact) mass is 314 g/mol. The number of fused-ring (bicyclic) bond motifs is 4. The second kappa shape index (κ2) is 4.71. The van der Waals surface area contributed by atoms with E-state index in [1.54, 1.807) is 0 Å². The topological polar surface area (TPSA) is 59.1 Å². The molecule has 6 heteroatoms. The van der Waals surface area contributed by atoms with Crippen molar-refractivity contribution in [3.8, 4) is 11.5 Å². The van der Waals surface area contributed by atoms with E-state index >= 15 is 0 Å². The summed E-state index contributed by atoms with van der Waals surface area (Å²) in [5.74, 6) is 1.13. The molecule has 3 unspecified atom stereocenters. The van der Waals surface area contributed by atoms with Crippen molar-refractivity contribution in [1.82, 2.24) is 9.80 Å². The van der Waals surface area contributed by atoms with Crippen molar-refractivity contribution >= 4 is 11.8 Å². The van der Waals surface area contributed by atoms with E-state index in [1.165, 1.54) is 4.90 Å². The van der Waals surface area contributed by atoms with Crippen molar-refractivity contribution < 1.29 is 19.1 Å². The van der Waals surface area contributed by atoms with Crippen LogP contribution in [-0.4, -0.2) is 47.5 Å². The molecule has 3 saturated heterocycles. The summed E-state index contributed by atoms with van der Waals surface area (Å²) < 4.78 is 10.7. The van der Waals surface area contributed by atoms with Gasteiger partial charge in [0.1, 0.15) is 0 Å². The van der Waals surface area contributed by atoms with Gasteiger partial charge in [-0.25, -0.2) is 0 Å². The molecule has 4 aliphatic rings. The molecule has 0 N–H and O–H groups in total. The standard InChI is InChI=1S/C17H18N2O4/c20-16-11-8-18-5-1-2-12(18)15(11)17(21)19(16)7-10-3-4-13-14(6-10)23-9-22-13/h3-4,6,11-12,15H,1-2,5,7-9H2. The van der Waals surface area contributed by atoms with Crippen molar-refractivity contribution in [2.24, 2.45) is 11.8 Å². The number of likely N-dealkylation sites (tertiary alicyclic amines) is 1. The summed E-state index contributed by atoms with van der Waals surface area (Å²) in [5, 5.41) is 0. The van der Waals surface area contributed by atoms with Gasteiger partial charge in [0.2, 0.25) is 18.6 Å². The van der Waals surface area contributed by atoms with Gasteiger partial charge >= 0.3 is 0 Å². The lowest BCUT2D eigenvalue weighted by molar-refractivity contribution is -0.141. The molecule has 1 aromatic carbocycles. The van der Waals surface area contributed by atoms with Crippen LogP contribution in [-0.2, 0) is 16.1 Å². The predicted molar refractivity (Wildman–Crippen MR) is 79.7 cm³/mol. The quantitative estimate of drug-likeness (QED) is 0.762. The van der Waals surface area contributed by atoms with Crippen molar-refractivity contribution in [2.75, 3.05) is 19.9 Å². The molecule has 0 aromatic heterocycles. The van der Waals surface area contributed by atoms with Gasteiger partial charge in [0.05, 0.1) is 18.4 Å². The van der Waals surface area contributed by atoms with Gasteiger partial charge in [-0.2, -0.15) is 0 Å². The van der Waals surface area contributed by atoms with Crippen molar-refractivity contribution in [2.45, 2.75) is 25.4 Å². The molecule has 2 amide bonds. The number of imide groups is 1. The summed E-state index contributed by atoms with van der Waals surface area (Å²) >= 11 is 0. The van der Waals surface area contributed by atoms with Crippen molar-refractivity contribution in [1.29, 1.82) is 0 Å². The maximum Gasteiger partial charge on any atom is 0.235 e. The molecule has 3 atom stereocenters. The van der Waals surface area contributed by atoms with Crippen LogP contribution in [0.1, 0.15) is 18.4 Å². The highest BCUT2D eigenvalue weighted by atomic mass is 16.7. The maximum atomic E-state index is 12.8. The van der Waals surface area contributed by atoms with Gasteiger partial charge in [-0.3, -0.25) is 19.4 Å². The number of amides is 2.